The lowest BCUT2D eigenvalue weighted by molar-refractivity contribution is 0.0201. The van der Waals surface area contributed by atoms with Crippen molar-refractivity contribution in [3.05, 3.63) is 33.6 Å². The van der Waals surface area contributed by atoms with Crippen LogP contribution in [0.4, 0.5) is 4.39 Å². The van der Waals surface area contributed by atoms with Crippen molar-refractivity contribution in [2.75, 3.05) is 13.6 Å². The molecule has 16 heavy (non-hydrogen) atoms. The molecule has 0 heterocycles. The van der Waals surface area contributed by atoms with Crippen LogP contribution in [0.3, 0.4) is 0 Å². The highest BCUT2D eigenvalue weighted by Crippen LogP contribution is 2.30. The molecule has 90 valence electrons. The van der Waals surface area contributed by atoms with Gasteiger partial charge in [0.2, 0.25) is 0 Å². The van der Waals surface area contributed by atoms with Crippen LogP contribution in [0.5, 0.6) is 0 Å². The van der Waals surface area contributed by atoms with Gasteiger partial charge >= 0.3 is 0 Å². The summed E-state index contributed by atoms with van der Waals surface area (Å²) in [5, 5.41) is 22.0. The molecule has 0 fully saturated rings. The molecule has 1 rings (SSSR count). The predicted molar refractivity (Wildman–Crippen MR) is 61.3 cm³/mol. The van der Waals surface area contributed by atoms with E-state index in [0.717, 1.165) is 6.07 Å². The molecule has 2 unspecified atom stereocenters. The molecule has 2 atom stereocenters. The second-order valence-corrected chi connectivity index (χ2v) is 4.17. The Morgan fingerprint density at radius 1 is 1.31 bits per heavy atom. The number of benzene rings is 1. The Morgan fingerprint density at radius 2 is 1.94 bits per heavy atom. The minimum atomic E-state index is -1.26. The highest BCUT2D eigenvalue weighted by atomic mass is 35.5. The maximum absolute atomic E-state index is 13.2. The van der Waals surface area contributed by atoms with E-state index in [0.29, 0.717) is 0 Å². The number of likely N-dealkylation sites (N-methyl/N-ethyl adjacent to an activating group) is 1. The van der Waals surface area contributed by atoms with Gasteiger partial charge in [-0.1, -0.05) is 23.2 Å². The maximum atomic E-state index is 13.2. The van der Waals surface area contributed by atoms with Gasteiger partial charge in [0.05, 0.1) is 11.1 Å². The van der Waals surface area contributed by atoms with E-state index in [1.165, 1.54) is 6.07 Å². The van der Waals surface area contributed by atoms with Gasteiger partial charge in [0.15, 0.2) is 0 Å². The second kappa shape index (κ2) is 5.80. The highest BCUT2D eigenvalue weighted by Gasteiger charge is 2.21. The molecular formula is C10H12Cl2FNO2. The summed E-state index contributed by atoms with van der Waals surface area (Å²) in [5.41, 5.74) is 0.117. The molecule has 1 aromatic carbocycles. The second-order valence-electron chi connectivity index (χ2n) is 3.36. The SMILES string of the molecule is CNCC(O)C(O)c1cc(F)c(Cl)cc1Cl. The maximum Gasteiger partial charge on any atom is 0.142 e. The van der Waals surface area contributed by atoms with Crippen LogP contribution in [0.1, 0.15) is 11.7 Å². The number of aliphatic hydroxyl groups excluding tert-OH is 2. The number of rotatable bonds is 4. The highest BCUT2D eigenvalue weighted by molar-refractivity contribution is 6.35. The van der Waals surface area contributed by atoms with E-state index in [4.69, 9.17) is 23.2 Å². The van der Waals surface area contributed by atoms with Crippen LogP contribution >= 0.6 is 23.2 Å². The lowest BCUT2D eigenvalue weighted by atomic mass is 10.0. The Kier molecular flexibility index (Phi) is 4.95. The molecule has 0 aliphatic carbocycles. The fourth-order valence-corrected chi connectivity index (χ4v) is 1.79. The van der Waals surface area contributed by atoms with Crippen LogP contribution in [0, 0.1) is 5.82 Å². The molecule has 0 aliphatic rings. The van der Waals surface area contributed by atoms with E-state index in [9.17, 15) is 14.6 Å². The molecule has 0 bridgehead atoms. The third-order valence-corrected chi connectivity index (χ3v) is 2.75. The summed E-state index contributed by atoms with van der Waals surface area (Å²) in [4.78, 5) is 0. The lowest BCUT2D eigenvalue weighted by Crippen LogP contribution is -2.29. The molecule has 0 aromatic heterocycles. The predicted octanol–water partition coefficient (Wildman–Crippen LogP) is 1.75. The summed E-state index contributed by atoms with van der Waals surface area (Å²) >= 11 is 11.3. The fourth-order valence-electron chi connectivity index (χ4n) is 1.29. The fraction of sp³-hybridized carbons (Fsp3) is 0.400. The zero-order valence-corrected chi connectivity index (χ0v) is 10.1. The summed E-state index contributed by atoms with van der Waals surface area (Å²) in [7, 11) is 1.62. The first kappa shape index (κ1) is 13.7. The molecule has 0 radical (unpaired) electrons. The van der Waals surface area contributed by atoms with Crippen LogP contribution in [0.2, 0.25) is 10.0 Å². The standard InChI is InChI=1S/C10H12Cl2FNO2/c1-14-4-9(15)10(16)5-2-8(13)7(12)3-6(5)11/h2-3,9-10,14-16H,4H2,1H3. The van der Waals surface area contributed by atoms with E-state index in [1.54, 1.807) is 7.05 Å². The van der Waals surface area contributed by atoms with Crippen LogP contribution in [-0.4, -0.2) is 29.9 Å². The lowest BCUT2D eigenvalue weighted by Gasteiger charge is -2.19. The Bertz CT molecular complexity index is 376. The quantitative estimate of drug-likeness (QED) is 0.729. The van der Waals surface area contributed by atoms with Crippen LogP contribution in [0.25, 0.3) is 0 Å². The van der Waals surface area contributed by atoms with Gasteiger partial charge in [0.25, 0.3) is 0 Å². The number of aliphatic hydroxyl groups is 2. The normalized spacial score (nSPS) is 14.9. The van der Waals surface area contributed by atoms with Crippen molar-refractivity contribution in [1.82, 2.24) is 5.32 Å². The summed E-state index contributed by atoms with van der Waals surface area (Å²) < 4.78 is 13.2. The van der Waals surface area contributed by atoms with E-state index in [2.05, 4.69) is 5.32 Å². The first-order valence-corrected chi connectivity index (χ1v) is 5.38. The minimum absolute atomic E-state index is 0.117. The third-order valence-electron chi connectivity index (χ3n) is 2.14. The van der Waals surface area contributed by atoms with Gasteiger partial charge in [0.1, 0.15) is 11.9 Å². The molecule has 3 N–H and O–H groups in total. The van der Waals surface area contributed by atoms with Gasteiger partial charge in [-0.2, -0.15) is 0 Å². The topological polar surface area (TPSA) is 52.5 Å². The zero-order chi connectivity index (χ0) is 12.3. The van der Waals surface area contributed by atoms with Gasteiger partial charge in [-0.15, -0.1) is 0 Å². The summed E-state index contributed by atoms with van der Waals surface area (Å²) in [6.07, 6.45) is -2.32. The molecule has 3 nitrogen and oxygen atoms in total. The molecule has 0 saturated heterocycles. The van der Waals surface area contributed by atoms with Gasteiger partial charge in [0, 0.05) is 17.1 Å². The smallest absolute Gasteiger partial charge is 0.142 e. The molecular weight excluding hydrogens is 256 g/mol. The van der Waals surface area contributed by atoms with Gasteiger partial charge < -0.3 is 15.5 Å². The monoisotopic (exact) mass is 267 g/mol. The molecule has 0 spiro atoms. The first-order chi connectivity index (χ1) is 7.47. The Labute approximate surface area is 103 Å². The van der Waals surface area contributed by atoms with Crippen LogP contribution < -0.4 is 5.32 Å². The Balaban J connectivity index is 2.99. The Morgan fingerprint density at radius 3 is 2.50 bits per heavy atom. The van der Waals surface area contributed by atoms with Crippen molar-refractivity contribution >= 4 is 23.2 Å². The third kappa shape index (κ3) is 3.06. The van der Waals surface area contributed by atoms with Crippen molar-refractivity contribution in [3.8, 4) is 0 Å². The van der Waals surface area contributed by atoms with Gasteiger partial charge in [-0.3, -0.25) is 0 Å². The van der Waals surface area contributed by atoms with Crippen molar-refractivity contribution < 1.29 is 14.6 Å². The van der Waals surface area contributed by atoms with Crippen molar-refractivity contribution in [1.29, 1.82) is 0 Å². The van der Waals surface area contributed by atoms with Crippen molar-refractivity contribution in [2.24, 2.45) is 0 Å². The number of hydrogen-bond donors (Lipinski definition) is 3. The summed E-state index contributed by atoms with van der Waals surface area (Å²) in [6, 6.07) is 2.22. The van der Waals surface area contributed by atoms with Crippen LogP contribution in [-0.2, 0) is 0 Å². The average Bonchev–Trinajstić information content (AvgIpc) is 2.23. The minimum Gasteiger partial charge on any atom is -0.389 e. The number of nitrogens with one attached hydrogen (secondary N) is 1. The van der Waals surface area contributed by atoms with E-state index < -0.39 is 18.0 Å². The van der Waals surface area contributed by atoms with E-state index in [1.807, 2.05) is 0 Å². The number of halogens is 3. The number of hydrogen-bond acceptors (Lipinski definition) is 3. The zero-order valence-electron chi connectivity index (χ0n) is 8.54. The molecule has 0 saturated carbocycles. The van der Waals surface area contributed by atoms with Crippen LogP contribution in [0.15, 0.2) is 12.1 Å². The van der Waals surface area contributed by atoms with Crippen molar-refractivity contribution in [2.45, 2.75) is 12.2 Å². The van der Waals surface area contributed by atoms with Gasteiger partial charge in [-0.25, -0.2) is 4.39 Å². The molecule has 0 amide bonds. The summed E-state index contributed by atoms with van der Waals surface area (Å²) in [6.45, 7) is 0.168. The summed E-state index contributed by atoms with van der Waals surface area (Å²) in [5.74, 6) is -0.684. The average molecular weight is 268 g/mol. The first-order valence-electron chi connectivity index (χ1n) is 4.62. The molecule has 6 heteroatoms. The van der Waals surface area contributed by atoms with Crippen molar-refractivity contribution in [3.63, 3.8) is 0 Å². The van der Waals surface area contributed by atoms with E-state index in [-0.39, 0.29) is 22.2 Å². The van der Waals surface area contributed by atoms with Gasteiger partial charge in [-0.05, 0) is 19.2 Å². The largest absolute Gasteiger partial charge is 0.389 e. The molecule has 1 aromatic rings. The molecule has 0 aliphatic heterocycles. The van der Waals surface area contributed by atoms with E-state index >= 15 is 0 Å². The Hall–Kier alpha value is -0.390.